The summed E-state index contributed by atoms with van der Waals surface area (Å²) in [6, 6.07) is 6.37. The molecule has 1 unspecified atom stereocenters. The molecular weight excluding hydrogens is 228 g/mol. The Kier molecular flexibility index (Phi) is 2.69. The van der Waals surface area contributed by atoms with Crippen LogP contribution in [-0.4, -0.2) is 27.0 Å². The Hall–Kier alpha value is -1.40. The minimum atomic E-state index is -3.68. The van der Waals surface area contributed by atoms with Crippen molar-refractivity contribution in [3.05, 3.63) is 29.8 Å². The molecule has 0 saturated carbocycles. The van der Waals surface area contributed by atoms with Crippen LogP contribution in [0.15, 0.2) is 34.2 Å². The highest BCUT2D eigenvalue weighted by Crippen LogP contribution is 2.15. The molecule has 0 aromatic heterocycles. The number of aliphatic imine (C=N–C) groups is 1. The average Bonchev–Trinajstić information content (AvgIpc) is 2.64. The number of sulfonamides is 1. The topological polar surface area (TPSA) is 81.8 Å². The fraction of sp³-hybridized carbons (Fsp3) is 0.300. The molecule has 1 atom stereocenters. The van der Waals surface area contributed by atoms with Crippen molar-refractivity contribution in [3.8, 4) is 0 Å². The third-order valence-corrected chi connectivity index (χ3v) is 3.12. The number of hydrogen-bond donors (Lipinski definition) is 1. The molecule has 0 amide bonds. The van der Waals surface area contributed by atoms with Gasteiger partial charge in [0.05, 0.1) is 10.9 Å². The molecular formula is C10H12N2O3S. The number of hydrogen-bond acceptors (Lipinski definition) is 4. The fourth-order valence-corrected chi connectivity index (χ4v) is 2.00. The highest BCUT2D eigenvalue weighted by atomic mass is 32.2. The molecule has 2 N–H and O–H groups in total. The Labute approximate surface area is 94.0 Å². The monoisotopic (exact) mass is 240 g/mol. The van der Waals surface area contributed by atoms with Gasteiger partial charge in [0.15, 0.2) is 0 Å². The van der Waals surface area contributed by atoms with Crippen molar-refractivity contribution < 1.29 is 13.2 Å². The number of ether oxygens (including phenoxy) is 1. The largest absolute Gasteiger partial charge is 0.475 e. The molecule has 1 aliphatic heterocycles. The molecule has 6 heteroatoms. The molecule has 1 aromatic rings. The summed E-state index contributed by atoms with van der Waals surface area (Å²) in [4.78, 5) is 4.31. The summed E-state index contributed by atoms with van der Waals surface area (Å²) in [6.07, 6.45) is 0. The van der Waals surface area contributed by atoms with Crippen molar-refractivity contribution in [2.24, 2.45) is 10.1 Å². The summed E-state index contributed by atoms with van der Waals surface area (Å²) in [7, 11) is -3.68. The van der Waals surface area contributed by atoms with E-state index in [0.29, 0.717) is 18.1 Å². The molecule has 1 aliphatic rings. The first-order valence-corrected chi connectivity index (χ1v) is 6.35. The number of nitrogens with zero attached hydrogens (tertiary/aromatic N) is 1. The Morgan fingerprint density at radius 2 is 2.25 bits per heavy atom. The molecule has 16 heavy (non-hydrogen) atoms. The van der Waals surface area contributed by atoms with E-state index < -0.39 is 10.0 Å². The lowest BCUT2D eigenvalue weighted by Gasteiger charge is -2.03. The van der Waals surface area contributed by atoms with Gasteiger partial charge in [0.25, 0.3) is 0 Å². The minimum absolute atomic E-state index is 0.0656. The van der Waals surface area contributed by atoms with E-state index in [1.807, 2.05) is 6.92 Å². The van der Waals surface area contributed by atoms with Gasteiger partial charge in [-0.05, 0) is 25.1 Å². The normalized spacial score (nSPS) is 20.4. The standard InChI is InChI=1S/C10H12N2O3S/c1-7-6-15-10(12-7)8-3-2-4-9(5-8)16(11,13)14/h2-5,7H,6H2,1H3,(H2,11,13,14). The number of rotatable bonds is 2. The maximum absolute atomic E-state index is 11.2. The van der Waals surface area contributed by atoms with E-state index in [1.54, 1.807) is 12.1 Å². The van der Waals surface area contributed by atoms with E-state index in [9.17, 15) is 8.42 Å². The van der Waals surface area contributed by atoms with Gasteiger partial charge in [-0.3, -0.25) is 0 Å². The number of primary sulfonamides is 1. The van der Waals surface area contributed by atoms with Crippen LogP contribution < -0.4 is 5.14 Å². The van der Waals surface area contributed by atoms with Crippen molar-refractivity contribution in [1.82, 2.24) is 0 Å². The van der Waals surface area contributed by atoms with E-state index in [2.05, 4.69) is 4.99 Å². The Morgan fingerprint density at radius 3 is 2.81 bits per heavy atom. The number of nitrogens with two attached hydrogens (primary N) is 1. The van der Waals surface area contributed by atoms with Gasteiger partial charge in [-0.15, -0.1) is 0 Å². The van der Waals surface area contributed by atoms with Crippen LogP contribution in [0.25, 0.3) is 0 Å². The van der Waals surface area contributed by atoms with Crippen LogP contribution in [0, 0.1) is 0 Å². The van der Waals surface area contributed by atoms with Crippen LogP contribution >= 0.6 is 0 Å². The van der Waals surface area contributed by atoms with Crippen molar-refractivity contribution in [3.63, 3.8) is 0 Å². The maximum atomic E-state index is 11.2. The second-order valence-corrected chi connectivity index (χ2v) is 5.23. The lowest BCUT2D eigenvalue weighted by molar-refractivity contribution is 0.324. The summed E-state index contributed by atoms with van der Waals surface area (Å²) in [5, 5.41) is 5.04. The predicted molar refractivity (Wildman–Crippen MR) is 59.8 cm³/mol. The summed E-state index contributed by atoms with van der Waals surface area (Å²) < 4.78 is 27.7. The summed E-state index contributed by atoms with van der Waals surface area (Å²) in [5.41, 5.74) is 0.635. The number of benzene rings is 1. The van der Waals surface area contributed by atoms with Crippen LogP contribution in [0.4, 0.5) is 0 Å². The van der Waals surface area contributed by atoms with Crippen LogP contribution in [0.2, 0.25) is 0 Å². The molecule has 1 heterocycles. The quantitative estimate of drug-likeness (QED) is 0.817. The Morgan fingerprint density at radius 1 is 1.50 bits per heavy atom. The molecule has 5 nitrogen and oxygen atoms in total. The second-order valence-electron chi connectivity index (χ2n) is 3.67. The highest BCUT2D eigenvalue weighted by molar-refractivity contribution is 7.89. The van der Waals surface area contributed by atoms with Crippen LogP contribution in [0.1, 0.15) is 12.5 Å². The molecule has 0 fully saturated rings. The van der Waals surface area contributed by atoms with Crippen molar-refractivity contribution in [2.75, 3.05) is 6.61 Å². The zero-order chi connectivity index (χ0) is 11.8. The van der Waals surface area contributed by atoms with Gasteiger partial charge in [-0.2, -0.15) is 0 Å². The third-order valence-electron chi connectivity index (χ3n) is 2.21. The fourth-order valence-electron chi connectivity index (χ4n) is 1.44. The molecule has 2 rings (SSSR count). The molecule has 86 valence electrons. The zero-order valence-electron chi connectivity index (χ0n) is 8.75. The van der Waals surface area contributed by atoms with E-state index in [1.165, 1.54) is 12.1 Å². The first-order valence-electron chi connectivity index (χ1n) is 4.80. The molecule has 1 aromatic carbocycles. The SMILES string of the molecule is CC1COC(c2cccc(S(N)(=O)=O)c2)=N1. The van der Waals surface area contributed by atoms with Crippen LogP contribution in [0.5, 0.6) is 0 Å². The molecule has 0 spiro atoms. The van der Waals surface area contributed by atoms with Gasteiger partial charge in [-0.1, -0.05) is 6.07 Å². The second kappa shape index (κ2) is 3.88. The summed E-state index contributed by atoms with van der Waals surface area (Å²) in [6.45, 7) is 2.45. The molecule has 0 saturated heterocycles. The van der Waals surface area contributed by atoms with Crippen LogP contribution in [0.3, 0.4) is 0 Å². The van der Waals surface area contributed by atoms with E-state index >= 15 is 0 Å². The molecule has 0 radical (unpaired) electrons. The first-order chi connectivity index (χ1) is 7.47. The molecule has 0 bridgehead atoms. The van der Waals surface area contributed by atoms with Crippen molar-refractivity contribution in [2.45, 2.75) is 17.9 Å². The Balaban J connectivity index is 2.41. The maximum Gasteiger partial charge on any atom is 0.238 e. The third kappa shape index (κ3) is 2.23. The van der Waals surface area contributed by atoms with Crippen molar-refractivity contribution in [1.29, 1.82) is 0 Å². The van der Waals surface area contributed by atoms with Gasteiger partial charge in [-0.25, -0.2) is 18.5 Å². The lowest BCUT2D eigenvalue weighted by atomic mass is 10.2. The van der Waals surface area contributed by atoms with Crippen LogP contribution in [-0.2, 0) is 14.8 Å². The van der Waals surface area contributed by atoms with Gasteiger partial charge in [0, 0.05) is 5.56 Å². The molecule has 0 aliphatic carbocycles. The van der Waals surface area contributed by atoms with E-state index in [-0.39, 0.29) is 10.9 Å². The Bertz CT molecular complexity index is 537. The minimum Gasteiger partial charge on any atom is -0.475 e. The van der Waals surface area contributed by atoms with Gasteiger partial charge < -0.3 is 4.74 Å². The predicted octanol–water partition coefficient (Wildman–Crippen LogP) is 0.499. The average molecular weight is 240 g/mol. The van der Waals surface area contributed by atoms with E-state index in [0.717, 1.165) is 0 Å². The summed E-state index contributed by atoms with van der Waals surface area (Å²) in [5.74, 6) is 0.470. The zero-order valence-corrected chi connectivity index (χ0v) is 9.57. The first kappa shape index (κ1) is 11.1. The van der Waals surface area contributed by atoms with Gasteiger partial charge in [0.1, 0.15) is 6.61 Å². The smallest absolute Gasteiger partial charge is 0.238 e. The highest BCUT2D eigenvalue weighted by Gasteiger charge is 2.17. The van der Waals surface area contributed by atoms with Gasteiger partial charge in [0.2, 0.25) is 15.9 Å². The summed E-state index contributed by atoms with van der Waals surface area (Å²) >= 11 is 0. The van der Waals surface area contributed by atoms with Crippen molar-refractivity contribution >= 4 is 15.9 Å². The van der Waals surface area contributed by atoms with Gasteiger partial charge >= 0.3 is 0 Å². The van der Waals surface area contributed by atoms with E-state index in [4.69, 9.17) is 9.88 Å². The lowest BCUT2D eigenvalue weighted by Crippen LogP contribution is -2.13.